The third-order valence-corrected chi connectivity index (χ3v) is 12.7. The van der Waals surface area contributed by atoms with Gasteiger partial charge >= 0.3 is 99.8 Å². The van der Waals surface area contributed by atoms with Crippen LogP contribution in [0.4, 0.5) is 0 Å². The molecule has 0 saturated carbocycles. The van der Waals surface area contributed by atoms with Crippen LogP contribution in [0.5, 0.6) is 0 Å². The average molecular weight is 880 g/mol. The molecule has 0 aliphatic carbocycles. The SMILES string of the molecule is CC(C)(C)n1c(-c2[c-]ccc3c2oc2nc(-c4ccccc4)ccc23)nc2ccccc21.[CH3][Ge]([CH3])([CH3])[c]1ccc(-c2[c-]cccc2)nc1.[Ir]. The van der Waals surface area contributed by atoms with Crippen molar-refractivity contribution in [2.45, 2.75) is 43.6 Å². The van der Waals surface area contributed by atoms with Gasteiger partial charge in [0.2, 0.25) is 5.71 Å². The Morgan fingerprint density at radius 2 is 1.43 bits per heavy atom. The molecule has 0 aliphatic heterocycles. The summed E-state index contributed by atoms with van der Waals surface area (Å²) in [6, 6.07) is 45.4. The van der Waals surface area contributed by atoms with Crippen LogP contribution in [-0.2, 0) is 25.6 Å². The van der Waals surface area contributed by atoms with Gasteiger partial charge in [-0.1, -0.05) is 53.4 Å². The first kappa shape index (κ1) is 34.5. The Kier molecular flexibility index (Phi) is 9.77. The molecule has 1 radical (unpaired) electrons. The van der Waals surface area contributed by atoms with Crippen molar-refractivity contribution in [3.63, 3.8) is 0 Å². The van der Waals surface area contributed by atoms with Gasteiger partial charge in [-0.25, -0.2) is 4.98 Å². The average Bonchev–Trinajstić information content (AvgIpc) is 3.68. The fourth-order valence-corrected chi connectivity index (χ4v) is 8.15. The summed E-state index contributed by atoms with van der Waals surface area (Å²) in [5.41, 5.74) is 8.18. The van der Waals surface area contributed by atoms with Gasteiger partial charge < -0.3 is 8.98 Å². The first-order valence-corrected chi connectivity index (χ1v) is 23.6. The van der Waals surface area contributed by atoms with Gasteiger partial charge in [0, 0.05) is 36.6 Å². The molecule has 49 heavy (non-hydrogen) atoms. The van der Waals surface area contributed by atoms with E-state index in [1.54, 1.807) is 0 Å². The Balaban J connectivity index is 0.000000208. The second kappa shape index (κ2) is 13.9. The number of aromatic nitrogens is 4. The molecular formula is C42H38GeIrN4O-2. The number of pyridine rings is 2. The zero-order valence-corrected chi connectivity index (χ0v) is 33.1. The second-order valence-corrected chi connectivity index (χ2v) is 24.7. The molecule has 0 amide bonds. The summed E-state index contributed by atoms with van der Waals surface area (Å²) in [7, 11) is 0. The number of benzene rings is 4. The Hall–Kier alpha value is -4.36. The van der Waals surface area contributed by atoms with Gasteiger partial charge in [0.25, 0.3) is 0 Å². The number of hydrogen-bond acceptors (Lipinski definition) is 4. The largest absolute Gasteiger partial charge is 0 e. The second-order valence-electron chi connectivity index (χ2n) is 14.0. The maximum atomic E-state index is 6.37. The summed E-state index contributed by atoms with van der Waals surface area (Å²) in [5, 5.41) is 2.02. The molecule has 4 aromatic carbocycles. The fourth-order valence-electron chi connectivity index (χ4n) is 5.98. The predicted octanol–water partition coefficient (Wildman–Crippen LogP) is 10.3. The number of imidazole rings is 1. The van der Waals surface area contributed by atoms with Gasteiger partial charge in [0.15, 0.2) is 0 Å². The topological polar surface area (TPSA) is 56.7 Å². The molecule has 0 N–H and O–H groups in total. The molecule has 4 aromatic heterocycles. The first-order chi connectivity index (χ1) is 23.1. The minimum atomic E-state index is -1.72. The van der Waals surface area contributed by atoms with Crippen LogP contribution in [0, 0.1) is 12.1 Å². The van der Waals surface area contributed by atoms with E-state index in [-0.39, 0.29) is 25.6 Å². The smallest absolute Gasteiger partial charge is 0 e. The van der Waals surface area contributed by atoms with Crippen molar-refractivity contribution in [3.8, 4) is 33.9 Å². The summed E-state index contributed by atoms with van der Waals surface area (Å²) >= 11 is -1.72. The van der Waals surface area contributed by atoms with E-state index < -0.39 is 13.3 Å². The van der Waals surface area contributed by atoms with Gasteiger partial charge in [-0.3, -0.25) is 4.98 Å². The molecule has 0 fully saturated rings. The molecule has 0 aliphatic rings. The molecule has 247 valence electrons. The van der Waals surface area contributed by atoms with Crippen LogP contribution >= 0.6 is 0 Å². The van der Waals surface area contributed by atoms with Crippen LogP contribution in [0.1, 0.15) is 20.8 Å². The van der Waals surface area contributed by atoms with Crippen molar-refractivity contribution < 1.29 is 24.5 Å². The number of furan rings is 1. The predicted molar refractivity (Wildman–Crippen MR) is 201 cm³/mol. The van der Waals surface area contributed by atoms with E-state index in [0.717, 1.165) is 61.3 Å². The van der Waals surface area contributed by atoms with Crippen molar-refractivity contribution >= 4 is 50.8 Å². The van der Waals surface area contributed by atoms with E-state index in [2.05, 4.69) is 102 Å². The van der Waals surface area contributed by atoms with Crippen LogP contribution in [0.3, 0.4) is 0 Å². The molecule has 0 atom stereocenters. The number of rotatable bonds is 4. The molecule has 0 saturated heterocycles. The van der Waals surface area contributed by atoms with Crippen LogP contribution in [0.25, 0.3) is 67.0 Å². The Morgan fingerprint density at radius 3 is 2.12 bits per heavy atom. The van der Waals surface area contributed by atoms with Crippen molar-refractivity contribution in [2.24, 2.45) is 0 Å². The third kappa shape index (κ3) is 7.05. The van der Waals surface area contributed by atoms with Gasteiger partial charge in [0.05, 0.1) is 28.1 Å². The Bertz CT molecular complexity index is 2350. The molecule has 4 heterocycles. The van der Waals surface area contributed by atoms with Crippen LogP contribution in [0.15, 0.2) is 126 Å². The quantitative estimate of drug-likeness (QED) is 0.131. The van der Waals surface area contributed by atoms with Crippen molar-refractivity contribution in [2.75, 3.05) is 0 Å². The minimum Gasteiger partial charge on any atom is 0 e. The molecule has 0 spiro atoms. The number of para-hydroxylation sites is 2. The summed E-state index contributed by atoms with van der Waals surface area (Å²) in [6.07, 6.45) is 2.04. The number of fused-ring (bicyclic) bond motifs is 4. The molecular weight excluding hydrogens is 841 g/mol. The zero-order valence-electron chi connectivity index (χ0n) is 28.6. The van der Waals surface area contributed by atoms with E-state index in [4.69, 9.17) is 14.4 Å². The van der Waals surface area contributed by atoms with Gasteiger partial charge in [-0.15, -0.1) is 18.2 Å². The zero-order chi connectivity index (χ0) is 33.5. The van der Waals surface area contributed by atoms with Gasteiger partial charge in [0.1, 0.15) is 0 Å². The maximum absolute atomic E-state index is 6.37. The molecule has 0 bridgehead atoms. The van der Waals surface area contributed by atoms with Gasteiger partial charge in [-0.05, 0) is 45.0 Å². The van der Waals surface area contributed by atoms with Crippen molar-refractivity contribution in [1.29, 1.82) is 0 Å². The standard InChI is InChI=1S/C28H22N3O.C14H16GeN.Ir/c1-28(2,3)31-24-15-8-7-14-23(24)29-26(31)21-13-9-12-19-20-16-17-22(18-10-5-4-6-11-18)30-27(20)32-25(19)21;1-15(2,3)13-9-10-14(16-11-13)12-7-5-4-6-8-12;/h4-12,14-17H,1-3H3;4-7,9-11H,1-3H3;/q2*-1;. The molecule has 0 unspecified atom stereocenters. The van der Waals surface area contributed by atoms with E-state index in [0.29, 0.717) is 5.71 Å². The molecule has 8 aromatic rings. The summed E-state index contributed by atoms with van der Waals surface area (Å²) < 4.78 is 10.1. The Morgan fingerprint density at radius 1 is 0.694 bits per heavy atom. The van der Waals surface area contributed by atoms with E-state index in [1.165, 1.54) is 4.40 Å². The third-order valence-electron chi connectivity index (χ3n) is 8.44. The van der Waals surface area contributed by atoms with E-state index in [9.17, 15) is 0 Å². The van der Waals surface area contributed by atoms with E-state index in [1.807, 2.05) is 79.0 Å². The van der Waals surface area contributed by atoms with Crippen LogP contribution in [0.2, 0.25) is 17.3 Å². The van der Waals surface area contributed by atoms with Crippen LogP contribution in [-0.4, -0.2) is 32.8 Å². The fraction of sp³-hybridized carbons (Fsp3) is 0.167. The molecule has 5 nitrogen and oxygen atoms in total. The van der Waals surface area contributed by atoms with Crippen molar-refractivity contribution in [3.05, 3.63) is 134 Å². The molecule has 7 heteroatoms. The normalized spacial score (nSPS) is 11.7. The van der Waals surface area contributed by atoms with Crippen LogP contribution < -0.4 is 4.40 Å². The summed E-state index contributed by atoms with van der Waals surface area (Å²) in [4.78, 5) is 14.3. The Labute approximate surface area is 304 Å². The number of nitrogens with zero attached hydrogens (tertiary/aromatic N) is 4. The molecule has 8 rings (SSSR count). The van der Waals surface area contributed by atoms with E-state index >= 15 is 0 Å². The first-order valence-electron chi connectivity index (χ1n) is 16.3. The van der Waals surface area contributed by atoms with Crippen molar-refractivity contribution in [1.82, 2.24) is 19.5 Å². The summed E-state index contributed by atoms with van der Waals surface area (Å²) in [5.74, 6) is 7.99. The minimum absolute atomic E-state index is 0. The number of hydrogen-bond donors (Lipinski definition) is 0. The van der Waals surface area contributed by atoms with Gasteiger partial charge in [-0.2, -0.15) is 0 Å². The maximum Gasteiger partial charge on any atom is 0 e. The monoisotopic (exact) mass is 881 g/mol. The summed E-state index contributed by atoms with van der Waals surface area (Å²) in [6.45, 7) is 6.57.